The number of para-hydroxylation sites is 1. The third-order valence-electron chi connectivity index (χ3n) is 2.61. The first-order valence-electron chi connectivity index (χ1n) is 5.42. The maximum atomic E-state index is 5.71. The molecule has 2 aromatic rings. The lowest BCUT2D eigenvalue weighted by Crippen LogP contribution is -2.04. The smallest absolute Gasteiger partial charge is 0.0706 e. The Balaban J connectivity index is 2.58. The lowest BCUT2D eigenvalue weighted by Gasteiger charge is -2.07. The van der Waals surface area contributed by atoms with Crippen molar-refractivity contribution < 1.29 is 0 Å². The van der Waals surface area contributed by atoms with Crippen LogP contribution in [0.25, 0.3) is 10.9 Å². The van der Waals surface area contributed by atoms with Crippen molar-refractivity contribution in [1.29, 1.82) is 0 Å². The molecule has 0 aliphatic heterocycles. The minimum atomic E-state index is 0.528. The van der Waals surface area contributed by atoms with Gasteiger partial charge in [-0.15, -0.1) is 0 Å². The second-order valence-corrected chi connectivity index (χ2v) is 3.74. The van der Waals surface area contributed by atoms with Crippen LogP contribution in [-0.2, 0) is 13.0 Å². The second-order valence-electron chi connectivity index (χ2n) is 3.74. The summed E-state index contributed by atoms with van der Waals surface area (Å²) in [5.74, 6) is 0. The van der Waals surface area contributed by atoms with E-state index in [1.165, 1.54) is 10.9 Å². The van der Waals surface area contributed by atoms with Crippen molar-refractivity contribution in [2.24, 2.45) is 5.73 Å². The van der Waals surface area contributed by atoms with Gasteiger partial charge in [0, 0.05) is 11.9 Å². The average Bonchev–Trinajstić information content (AvgIpc) is 2.28. The molecule has 2 nitrogen and oxygen atoms in total. The van der Waals surface area contributed by atoms with E-state index in [-0.39, 0.29) is 0 Å². The van der Waals surface area contributed by atoms with Gasteiger partial charge in [0.15, 0.2) is 0 Å². The number of nitrogens with two attached hydrogens (primary N) is 1. The number of rotatable bonds is 3. The predicted octanol–water partition coefficient (Wildman–Crippen LogP) is 2.65. The van der Waals surface area contributed by atoms with Gasteiger partial charge < -0.3 is 5.73 Å². The van der Waals surface area contributed by atoms with Crippen LogP contribution in [0.5, 0.6) is 0 Å². The van der Waals surface area contributed by atoms with Crippen LogP contribution in [0.2, 0.25) is 0 Å². The van der Waals surface area contributed by atoms with E-state index in [9.17, 15) is 0 Å². The molecule has 0 atom stereocenters. The molecule has 0 aliphatic carbocycles. The van der Waals surface area contributed by atoms with E-state index in [0.29, 0.717) is 6.54 Å². The normalized spacial score (nSPS) is 10.8. The summed E-state index contributed by atoms with van der Waals surface area (Å²) >= 11 is 0. The van der Waals surface area contributed by atoms with Gasteiger partial charge in [-0.05, 0) is 24.1 Å². The molecule has 0 unspecified atom stereocenters. The van der Waals surface area contributed by atoms with Crippen molar-refractivity contribution in [1.82, 2.24) is 4.98 Å². The van der Waals surface area contributed by atoms with Crippen LogP contribution >= 0.6 is 0 Å². The molecule has 0 aliphatic rings. The predicted molar refractivity (Wildman–Crippen MR) is 63.6 cm³/mol. The van der Waals surface area contributed by atoms with Gasteiger partial charge in [-0.3, -0.25) is 4.98 Å². The van der Waals surface area contributed by atoms with E-state index in [1.54, 1.807) is 0 Å². The Kier molecular flexibility index (Phi) is 2.97. The summed E-state index contributed by atoms with van der Waals surface area (Å²) in [5, 5.41) is 1.21. The monoisotopic (exact) mass is 200 g/mol. The van der Waals surface area contributed by atoms with Gasteiger partial charge in [0.1, 0.15) is 0 Å². The van der Waals surface area contributed by atoms with Crippen LogP contribution in [0.3, 0.4) is 0 Å². The molecule has 15 heavy (non-hydrogen) atoms. The minimum Gasteiger partial charge on any atom is -0.325 e. The van der Waals surface area contributed by atoms with Crippen molar-refractivity contribution in [2.45, 2.75) is 26.3 Å². The van der Waals surface area contributed by atoms with E-state index in [0.717, 1.165) is 24.1 Å². The van der Waals surface area contributed by atoms with Crippen molar-refractivity contribution in [3.8, 4) is 0 Å². The second kappa shape index (κ2) is 4.41. The first-order chi connectivity index (χ1) is 7.35. The largest absolute Gasteiger partial charge is 0.325 e. The van der Waals surface area contributed by atoms with Gasteiger partial charge in [0.05, 0.1) is 11.2 Å². The molecule has 0 saturated heterocycles. The number of pyridine rings is 1. The van der Waals surface area contributed by atoms with Crippen molar-refractivity contribution >= 4 is 10.9 Å². The van der Waals surface area contributed by atoms with Crippen LogP contribution in [0, 0.1) is 0 Å². The Hall–Kier alpha value is -1.41. The van der Waals surface area contributed by atoms with Crippen molar-refractivity contribution in [2.75, 3.05) is 0 Å². The maximum Gasteiger partial charge on any atom is 0.0706 e. The number of aromatic nitrogens is 1. The number of hydrogen-bond acceptors (Lipinski definition) is 2. The lowest BCUT2D eigenvalue weighted by atomic mass is 10.1. The molecule has 1 aromatic carbocycles. The van der Waals surface area contributed by atoms with Crippen molar-refractivity contribution in [3.63, 3.8) is 0 Å². The Morgan fingerprint density at radius 3 is 2.80 bits per heavy atom. The van der Waals surface area contributed by atoms with E-state index in [2.05, 4.69) is 24.0 Å². The van der Waals surface area contributed by atoms with Gasteiger partial charge in [-0.2, -0.15) is 0 Å². The summed E-state index contributed by atoms with van der Waals surface area (Å²) in [5.41, 5.74) is 9.08. The van der Waals surface area contributed by atoms with E-state index < -0.39 is 0 Å². The Morgan fingerprint density at radius 1 is 1.27 bits per heavy atom. The van der Waals surface area contributed by atoms with Crippen LogP contribution in [0.1, 0.15) is 24.6 Å². The number of fused-ring (bicyclic) bond motifs is 1. The molecule has 1 heterocycles. The molecule has 2 rings (SSSR count). The first-order valence-corrected chi connectivity index (χ1v) is 5.42. The zero-order valence-corrected chi connectivity index (χ0v) is 9.03. The minimum absolute atomic E-state index is 0.528. The highest BCUT2D eigenvalue weighted by atomic mass is 14.7. The van der Waals surface area contributed by atoms with E-state index >= 15 is 0 Å². The fourth-order valence-corrected chi connectivity index (χ4v) is 1.86. The standard InChI is InChI=1S/C13H16N2/c1-2-5-10-8-11-6-3-4-7-12(11)15-13(10)9-14/h3-4,6-8H,2,5,9,14H2,1H3. The summed E-state index contributed by atoms with van der Waals surface area (Å²) in [6.07, 6.45) is 2.19. The number of nitrogens with zero attached hydrogens (tertiary/aromatic N) is 1. The van der Waals surface area contributed by atoms with Gasteiger partial charge in [0.2, 0.25) is 0 Å². The fourth-order valence-electron chi connectivity index (χ4n) is 1.86. The van der Waals surface area contributed by atoms with Crippen LogP contribution < -0.4 is 5.73 Å². The quantitative estimate of drug-likeness (QED) is 0.827. The van der Waals surface area contributed by atoms with Gasteiger partial charge in [-0.1, -0.05) is 31.5 Å². The van der Waals surface area contributed by atoms with E-state index in [4.69, 9.17) is 5.73 Å². The lowest BCUT2D eigenvalue weighted by molar-refractivity contribution is 0.874. The van der Waals surface area contributed by atoms with Crippen LogP contribution in [-0.4, -0.2) is 4.98 Å². The fraction of sp³-hybridized carbons (Fsp3) is 0.308. The summed E-state index contributed by atoms with van der Waals surface area (Å²) in [6, 6.07) is 10.4. The Bertz CT molecular complexity index is 463. The Labute approximate surface area is 90.1 Å². The summed E-state index contributed by atoms with van der Waals surface area (Å²) in [4.78, 5) is 4.59. The highest BCUT2D eigenvalue weighted by Gasteiger charge is 2.04. The third-order valence-corrected chi connectivity index (χ3v) is 2.61. The topological polar surface area (TPSA) is 38.9 Å². The first kappa shape index (κ1) is 10.1. The third kappa shape index (κ3) is 2.00. The SMILES string of the molecule is CCCc1cc2ccccc2nc1CN. The number of hydrogen-bond donors (Lipinski definition) is 1. The van der Waals surface area contributed by atoms with Gasteiger partial charge in [-0.25, -0.2) is 0 Å². The van der Waals surface area contributed by atoms with Crippen LogP contribution in [0.4, 0.5) is 0 Å². The molecular weight excluding hydrogens is 184 g/mol. The highest BCUT2D eigenvalue weighted by molar-refractivity contribution is 5.79. The molecule has 0 bridgehead atoms. The molecule has 2 heteroatoms. The molecule has 0 spiro atoms. The molecule has 78 valence electrons. The van der Waals surface area contributed by atoms with E-state index in [1.807, 2.05) is 18.2 Å². The van der Waals surface area contributed by atoms with Gasteiger partial charge in [0.25, 0.3) is 0 Å². The zero-order chi connectivity index (χ0) is 10.7. The molecule has 0 radical (unpaired) electrons. The maximum absolute atomic E-state index is 5.71. The molecule has 0 fully saturated rings. The molecule has 1 aromatic heterocycles. The number of benzene rings is 1. The molecule has 0 amide bonds. The zero-order valence-electron chi connectivity index (χ0n) is 9.03. The summed E-state index contributed by atoms with van der Waals surface area (Å²) in [6.45, 7) is 2.70. The Morgan fingerprint density at radius 2 is 2.07 bits per heavy atom. The average molecular weight is 200 g/mol. The van der Waals surface area contributed by atoms with Crippen molar-refractivity contribution in [3.05, 3.63) is 41.6 Å². The van der Waals surface area contributed by atoms with Crippen LogP contribution in [0.15, 0.2) is 30.3 Å². The summed E-state index contributed by atoms with van der Waals surface area (Å²) in [7, 11) is 0. The number of aryl methyl sites for hydroxylation is 1. The molecule has 0 saturated carbocycles. The van der Waals surface area contributed by atoms with Gasteiger partial charge >= 0.3 is 0 Å². The molecular formula is C13H16N2. The highest BCUT2D eigenvalue weighted by Crippen LogP contribution is 2.17. The molecule has 2 N–H and O–H groups in total. The summed E-state index contributed by atoms with van der Waals surface area (Å²) < 4.78 is 0.